The molecule has 0 aliphatic heterocycles. The van der Waals surface area contributed by atoms with Gasteiger partial charge in [-0.1, -0.05) is 52.0 Å². The third kappa shape index (κ3) is 2.86. The fourth-order valence-electron chi connectivity index (χ4n) is 4.26. The zero-order valence-corrected chi connectivity index (χ0v) is 21.3. The van der Waals surface area contributed by atoms with Gasteiger partial charge in [-0.3, -0.25) is 9.59 Å². The molecule has 0 saturated carbocycles. The van der Waals surface area contributed by atoms with Crippen LogP contribution in [0.1, 0.15) is 47.0 Å². The van der Waals surface area contributed by atoms with E-state index in [0.717, 1.165) is 9.75 Å². The van der Waals surface area contributed by atoms with Crippen molar-refractivity contribution in [2.24, 2.45) is 11.8 Å². The second-order valence-corrected chi connectivity index (χ2v) is 13.5. The molecule has 2 aromatic carbocycles. The van der Waals surface area contributed by atoms with Crippen molar-refractivity contribution in [3.8, 4) is 0 Å². The van der Waals surface area contributed by atoms with Crippen molar-refractivity contribution < 1.29 is 9.59 Å². The van der Waals surface area contributed by atoms with Crippen LogP contribution in [0.5, 0.6) is 0 Å². The summed E-state index contributed by atoms with van der Waals surface area (Å²) in [6.45, 7) is 7.84. The van der Waals surface area contributed by atoms with Crippen LogP contribution in [0.25, 0.3) is 49.7 Å². The van der Waals surface area contributed by atoms with Crippen LogP contribution in [0.2, 0.25) is 0 Å². The van der Waals surface area contributed by atoms with Crippen molar-refractivity contribution in [1.82, 2.24) is 0 Å². The van der Waals surface area contributed by atoms with E-state index in [1.165, 1.54) is 49.7 Å². The predicted molar refractivity (Wildman–Crippen MR) is 144 cm³/mol. The zero-order chi connectivity index (χ0) is 22.3. The van der Waals surface area contributed by atoms with Crippen LogP contribution in [0, 0.1) is 11.8 Å². The monoisotopic (exact) mass is 492 g/mol. The molecule has 6 rings (SSSR count). The third-order valence-electron chi connectivity index (χ3n) is 5.99. The van der Waals surface area contributed by atoms with E-state index in [0.29, 0.717) is 0 Å². The molecule has 6 aromatic rings. The summed E-state index contributed by atoms with van der Waals surface area (Å²) < 4.78 is 5.03. The van der Waals surface area contributed by atoms with E-state index in [4.69, 9.17) is 0 Å². The molecule has 0 atom stereocenters. The largest absolute Gasteiger partial charge is 0.293 e. The molecule has 0 fully saturated rings. The minimum Gasteiger partial charge on any atom is -0.293 e. The van der Waals surface area contributed by atoms with Crippen LogP contribution >= 0.6 is 45.3 Å². The van der Waals surface area contributed by atoms with E-state index in [1.54, 1.807) is 45.3 Å². The van der Waals surface area contributed by atoms with Gasteiger partial charge < -0.3 is 0 Å². The summed E-state index contributed by atoms with van der Waals surface area (Å²) in [6.07, 6.45) is 0. The Kier molecular flexibility index (Phi) is 4.60. The van der Waals surface area contributed by atoms with Crippen molar-refractivity contribution in [2.75, 3.05) is 0 Å². The smallest absolute Gasteiger partial charge is 0.175 e. The molecule has 4 aromatic heterocycles. The quantitative estimate of drug-likeness (QED) is 0.230. The minimum absolute atomic E-state index is 0.0148. The van der Waals surface area contributed by atoms with Gasteiger partial charge in [-0.15, -0.1) is 45.3 Å². The number of Topliss-reactive ketones (excluding diaryl/α,β-unsaturated/α-hetero) is 2. The van der Waals surface area contributed by atoms with Gasteiger partial charge in [-0.2, -0.15) is 0 Å². The summed E-state index contributed by atoms with van der Waals surface area (Å²) >= 11 is 6.86. The van der Waals surface area contributed by atoms with Crippen LogP contribution in [0.4, 0.5) is 0 Å². The summed E-state index contributed by atoms with van der Waals surface area (Å²) in [5.74, 6) is 0.474. The molecule has 4 heterocycles. The molecule has 2 nitrogen and oxygen atoms in total. The lowest BCUT2D eigenvalue weighted by Gasteiger charge is -2.03. The third-order valence-corrected chi connectivity index (χ3v) is 10.9. The molecule has 0 amide bonds. The van der Waals surface area contributed by atoms with Gasteiger partial charge in [0.25, 0.3) is 0 Å². The first-order valence-electron chi connectivity index (χ1n) is 10.7. The summed E-state index contributed by atoms with van der Waals surface area (Å²) in [5.41, 5.74) is 0. The average molecular weight is 493 g/mol. The summed E-state index contributed by atoms with van der Waals surface area (Å²) in [5, 5.41) is 7.40. The van der Waals surface area contributed by atoms with Crippen LogP contribution in [0.15, 0.2) is 36.4 Å². The van der Waals surface area contributed by atoms with Crippen molar-refractivity contribution in [2.45, 2.75) is 27.7 Å². The number of benzene rings is 2. The molecule has 0 spiro atoms. The molecule has 0 aliphatic rings. The van der Waals surface area contributed by atoms with Crippen LogP contribution in [0.3, 0.4) is 0 Å². The van der Waals surface area contributed by atoms with Crippen molar-refractivity contribution >= 4 is 107 Å². The maximum Gasteiger partial charge on any atom is 0.175 e. The molecule has 0 unspecified atom stereocenters. The standard InChI is InChI=1S/C26H20O2S4/c1-11(2)21(27)18-9-16-14-7-5-13-6-8-15-17-10-19(22(28)12(3)4)30-26(17)32-24(15)20(13)23(14)31-25(16)29-18/h5-12H,1-4H3. The number of thiophene rings is 4. The Bertz CT molecular complexity index is 1590. The Labute approximate surface area is 201 Å². The van der Waals surface area contributed by atoms with Gasteiger partial charge >= 0.3 is 0 Å². The Morgan fingerprint density at radius 3 is 1.47 bits per heavy atom. The average Bonchev–Trinajstić information content (AvgIpc) is 3.49. The minimum atomic E-state index is 0.0148. The van der Waals surface area contributed by atoms with Crippen LogP contribution < -0.4 is 0 Å². The summed E-state index contributed by atoms with van der Waals surface area (Å²) in [7, 11) is 0. The maximum absolute atomic E-state index is 12.5. The molecule has 160 valence electrons. The Morgan fingerprint density at radius 1 is 0.625 bits per heavy atom. The lowest BCUT2D eigenvalue weighted by atomic mass is 10.0. The fourth-order valence-corrected chi connectivity index (χ4v) is 9.83. The van der Waals surface area contributed by atoms with Crippen molar-refractivity contribution in [3.05, 3.63) is 46.2 Å². The second-order valence-electron chi connectivity index (χ2n) is 8.85. The number of carbonyl (C=O) groups is 2. The molecule has 0 N–H and O–H groups in total. The van der Waals surface area contributed by atoms with Gasteiger partial charge in [0.2, 0.25) is 0 Å². The van der Waals surface area contributed by atoms with E-state index in [2.05, 4.69) is 36.4 Å². The molecule has 0 aliphatic carbocycles. The van der Waals surface area contributed by atoms with E-state index in [-0.39, 0.29) is 23.4 Å². The van der Waals surface area contributed by atoms with E-state index >= 15 is 0 Å². The Hall–Kier alpha value is -2.12. The van der Waals surface area contributed by atoms with Crippen molar-refractivity contribution in [1.29, 1.82) is 0 Å². The molecule has 0 saturated heterocycles. The van der Waals surface area contributed by atoms with Gasteiger partial charge in [0, 0.05) is 48.2 Å². The van der Waals surface area contributed by atoms with Crippen molar-refractivity contribution in [3.63, 3.8) is 0 Å². The highest BCUT2D eigenvalue weighted by molar-refractivity contribution is 7.44. The van der Waals surface area contributed by atoms with Gasteiger partial charge in [-0.05, 0) is 17.5 Å². The van der Waals surface area contributed by atoms with Gasteiger partial charge in [0.1, 0.15) is 0 Å². The highest BCUT2D eigenvalue weighted by atomic mass is 32.2. The summed E-state index contributed by atoms with van der Waals surface area (Å²) in [6, 6.07) is 13.0. The first kappa shape index (κ1) is 20.5. The highest BCUT2D eigenvalue weighted by Gasteiger charge is 2.21. The number of rotatable bonds is 4. The molecular weight excluding hydrogens is 473 g/mol. The number of fused-ring (bicyclic) bond motifs is 9. The fraction of sp³-hybridized carbons (Fsp3) is 0.231. The number of carbonyl (C=O) groups excluding carboxylic acids is 2. The summed E-state index contributed by atoms with van der Waals surface area (Å²) in [4.78, 5) is 26.8. The van der Waals surface area contributed by atoms with Crippen LogP contribution in [-0.4, -0.2) is 11.6 Å². The van der Waals surface area contributed by atoms with E-state index in [9.17, 15) is 9.59 Å². The number of hydrogen-bond acceptors (Lipinski definition) is 6. The SMILES string of the molecule is CC(C)C(=O)c1cc2c(s1)sc1c2ccc2ccc3c4cc(C(=O)C(C)C)sc4sc3c21. The topological polar surface area (TPSA) is 34.1 Å². The number of ketones is 2. The molecule has 0 radical (unpaired) electrons. The second kappa shape index (κ2) is 7.19. The maximum atomic E-state index is 12.5. The Morgan fingerprint density at radius 2 is 1.06 bits per heavy atom. The van der Waals surface area contributed by atoms with Crippen LogP contribution in [-0.2, 0) is 0 Å². The highest BCUT2D eigenvalue weighted by Crippen LogP contribution is 2.48. The van der Waals surface area contributed by atoms with Gasteiger partial charge in [-0.25, -0.2) is 0 Å². The first-order valence-corrected chi connectivity index (χ1v) is 13.9. The number of hydrogen-bond donors (Lipinski definition) is 0. The van der Waals surface area contributed by atoms with Gasteiger partial charge in [0.15, 0.2) is 11.6 Å². The predicted octanol–water partition coefficient (Wildman–Crippen LogP) is 9.38. The van der Waals surface area contributed by atoms with E-state index < -0.39 is 0 Å². The molecule has 0 bridgehead atoms. The lowest BCUT2D eigenvalue weighted by molar-refractivity contribution is 0.0936. The molecular formula is C26H20O2S4. The van der Waals surface area contributed by atoms with Gasteiger partial charge in [0.05, 0.1) is 17.8 Å². The zero-order valence-electron chi connectivity index (χ0n) is 18.1. The molecule has 32 heavy (non-hydrogen) atoms. The molecule has 6 heteroatoms. The Balaban J connectivity index is 1.62. The lowest BCUT2D eigenvalue weighted by Crippen LogP contribution is -2.04. The first-order chi connectivity index (χ1) is 15.3. The normalized spacial score (nSPS) is 12.6. The van der Waals surface area contributed by atoms with E-state index in [1.807, 2.05) is 27.7 Å².